The van der Waals surface area contributed by atoms with Gasteiger partial charge < -0.3 is 10.4 Å². The van der Waals surface area contributed by atoms with Crippen molar-refractivity contribution in [3.8, 4) is 0 Å². The molecule has 1 aromatic heterocycles. The monoisotopic (exact) mass is 307 g/mol. The number of hydrogen-bond donors (Lipinski definition) is 2. The van der Waals surface area contributed by atoms with E-state index in [1.165, 1.54) is 0 Å². The maximum atomic E-state index is 12.5. The van der Waals surface area contributed by atoms with Gasteiger partial charge in [0.15, 0.2) is 0 Å². The summed E-state index contributed by atoms with van der Waals surface area (Å²) in [4.78, 5) is 12.5. The van der Waals surface area contributed by atoms with Gasteiger partial charge in [0.2, 0.25) is 0 Å². The highest BCUT2D eigenvalue weighted by Gasteiger charge is 2.24. The summed E-state index contributed by atoms with van der Waals surface area (Å²) in [5.41, 5.74) is 1.64. The summed E-state index contributed by atoms with van der Waals surface area (Å²) in [7, 11) is 0. The Bertz CT molecular complexity index is 486. The summed E-state index contributed by atoms with van der Waals surface area (Å²) in [5, 5.41) is 16.7. The van der Waals surface area contributed by atoms with Crippen molar-refractivity contribution >= 4 is 5.91 Å². The van der Waals surface area contributed by atoms with Crippen LogP contribution in [0.1, 0.15) is 74.5 Å². The van der Waals surface area contributed by atoms with Crippen LogP contribution in [0.25, 0.3) is 0 Å². The highest BCUT2D eigenvalue weighted by Crippen LogP contribution is 2.24. The van der Waals surface area contributed by atoms with E-state index in [0.717, 1.165) is 44.2 Å². The Morgan fingerprint density at radius 1 is 1.36 bits per heavy atom. The predicted molar refractivity (Wildman–Crippen MR) is 86.9 cm³/mol. The lowest BCUT2D eigenvalue weighted by Crippen LogP contribution is -2.38. The zero-order chi connectivity index (χ0) is 16.1. The number of carbonyl (C=O) groups is 1. The van der Waals surface area contributed by atoms with Gasteiger partial charge >= 0.3 is 0 Å². The number of nitrogens with zero attached hydrogens (tertiary/aromatic N) is 2. The third kappa shape index (κ3) is 3.69. The number of aromatic nitrogens is 2. The van der Waals surface area contributed by atoms with Crippen molar-refractivity contribution in [2.24, 2.45) is 5.92 Å². The minimum Gasteiger partial charge on any atom is -0.396 e. The Morgan fingerprint density at radius 3 is 2.55 bits per heavy atom. The number of aliphatic hydroxyl groups excluding tert-OH is 1. The van der Waals surface area contributed by atoms with Gasteiger partial charge in [-0.3, -0.25) is 9.48 Å². The van der Waals surface area contributed by atoms with E-state index in [9.17, 15) is 9.90 Å². The van der Waals surface area contributed by atoms with Crippen LogP contribution < -0.4 is 5.32 Å². The average molecular weight is 307 g/mol. The van der Waals surface area contributed by atoms with Crippen molar-refractivity contribution in [2.75, 3.05) is 6.61 Å². The number of rotatable bonds is 6. The van der Waals surface area contributed by atoms with Gasteiger partial charge in [-0.05, 0) is 51.4 Å². The predicted octanol–water partition coefficient (Wildman–Crippen LogP) is 2.83. The molecular weight excluding hydrogens is 278 g/mol. The van der Waals surface area contributed by atoms with Gasteiger partial charge in [-0.15, -0.1) is 0 Å². The molecule has 1 aliphatic carbocycles. The molecule has 124 valence electrons. The molecule has 1 amide bonds. The van der Waals surface area contributed by atoms with Crippen LogP contribution >= 0.6 is 0 Å². The molecule has 0 spiro atoms. The summed E-state index contributed by atoms with van der Waals surface area (Å²) in [5.74, 6) is 0.398. The first-order valence-corrected chi connectivity index (χ1v) is 8.56. The Kier molecular flexibility index (Phi) is 6.00. The summed E-state index contributed by atoms with van der Waals surface area (Å²) < 4.78 is 1.98. The zero-order valence-electron chi connectivity index (χ0n) is 14.0. The van der Waals surface area contributed by atoms with E-state index in [2.05, 4.69) is 24.3 Å². The standard InChI is InChI=1S/C17H29N3O2/c1-4-15(5-2)20-12(3)16(10-18-20)17(22)19-14-8-6-13(11-21)7-9-14/h10,13-15,21H,4-9,11H2,1-3H3,(H,19,22). The third-order valence-corrected chi connectivity index (χ3v) is 5.02. The Hall–Kier alpha value is -1.36. The van der Waals surface area contributed by atoms with Crippen LogP contribution in [-0.2, 0) is 0 Å². The SMILES string of the molecule is CCC(CC)n1ncc(C(=O)NC2CCC(CO)CC2)c1C. The van der Waals surface area contributed by atoms with Crippen LogP contribution in [0, 0.1) is 12.8 Å². The molecule has 0 aromatic carbocycles. The Labute approximate surface area is 133 Å². The van der Waals surface area contributed by atoms with Crippen LogP contribution in [0.4, 0.5) is 0 Å². The van der Waals surface area contributed by atoms with E-state index in [4.69, 9.17) is 0 Å². The van der Waals surface area contributed by atoms with Crippen LogP contribution in [0.5, 0.6) is 0 Å². The highest BCUT2D eigenvalue weighted by atomic mass is 16.3. The second kappa shape index (κ2) is 7.77. The van der Waals surface area contributed by atoms with Crippen LogP contribution in [0.3, 0.4) is 0 Å². The van der Waals surface area contributed by atoms with Crippen molar-refractivity contribution in [1.82, 2.24) is 15.1 Å². The van der Waals surface area contributed by atoms with E-state index < -0.39 is 0 Å². The molecule has 22 heavy (non-hydrogen) atoms. The smallest absolute Gasteiger partial charge is 0.254 e. The van der Waals surface area contributed by atoms with Crippen molar-refractivity contribution in [3.05, 3.63) is 17.5 Å². The summed E-state index contributed by atoms with van der Waals surface area (Å²) >= 11 is 0. The molecule has 1 aromatic rings. The second-order valence-corrected chi connectivity index (χ2v) is 6.43. The second-order valence-electron chi connectivity index (χ2n) is 6.43. The summed E-state index contributed by atoms with van der Waals surface area (Å²) in [6.07, 6.45) is 7.63. The fraction of sp³-hybridized carbons (Fsp3) is 0.765. The van der Waals surface area contributed by atoms with Gasteiger partial charge in [0.1, 0.15) is 0 Å². The van der Waals surface area contributed by atoms with Crippen molar-refractivity contribution in [3.63, 3.8) is 0 Å². The molecular formula is C17H29N3O2. The lowest BCUT2D eigenvalue weighted by Gasteiger charge is -2.27. The van der Waals surface area contributed by atoms with Gasteiger partial charge in [0, 0.05) is 18.3 Å². The molecule has 1 aliphatic rings. The maximum absolute atomic E-state index is 12.5. The molecule has 5 nitrogen and oxygen atoms in total. The number of carbonyl (C=O) groups excluding carboxylic acids is 1. The molecule has 2 rings (SSSR count). The van der Waals surface area contributed by atoms with E-state index in [1.54, 1.807) is 6.20 Å². The fourth-order valence-electron chi connectivity index (χ4n) is 3.40. The molecule has 1 heterocycles. The molecule has 0 unspecified atom stereocenters. The molecule has 5 heteroatoms. The lowest BCUT2D eigenvalue weighted by atomic mass is 9.86. The first-order valence-electron chi connectivity index (χ1n) is 8.56. The molecule has 1 saturated carbocycles. The molecule has 0 bridgehead atoms. The Balaban J connectivity index is 1.99. The minimum atomic E-state index is -0.0119. The molecule has 0 aliphatic heterocycles. The minimum absolute atomic E-state index is 0.0119. The van der Waals surface area contributed by atoms with Gasteiger partial charge in [-0.25, -0.2) is 0 Å². The van der Waals surface area contributed by atoms with E-state index in [-0.39, 0.29) is 18.6 Å². The Morgan fingerprint density at radius 2 is 2.00 bits per heavy atom. The van der Waals surface area contributed by atoms with E-state index in [1.807, 2.05) is 11.6 Å². The number of nitrogens with one attached hydrogen (secondary N) is 1. The van der Waals surface area contributed by atoms with Gasteiger partial charge in [0.05, 0.1) is 17.8 Å². The number of aliphatic hydroxyl groups is 1. The van der Waals surface area contributed by atoms with Gasteiger partial charge in [0.25, 0.3) is 5.91 Å². The van der Waals surface area contributed by atoms with Crippen LogP contribution in [0.15, 0.2) is 6.20 Å². The molecule has 2 N–H and O–H groups in total. The van der Waals surface area contributed by atoms with Crippen LogP contribution in [0.2, 0.25) is 0 Å². The zero-order valence-corrected chi connectivity index (χ0v) is 14.0. The number of amides is 1. The van der Waals surface area contributed by atoms with Crippen molar-refractivity contribution < 1.29 is 9.90 Å². The van der Waals surface area contributed by atoms with Crippen molar-refractivity contribution in [2.45, 2.75) is 71.4 Å². The van der Waals surface area contributed by atoms with Crippen LogP contribution in [-0.4, -0.2) is 33.4 Å². The quantitative estimate of drug-likeness (QED) is 0.849. The number of hydrogen-bond acceptors (Lipinski definition) is 3. The van der Waals surface area contributed by atoms with Crippen molar-refractivity contribution in [1.29, 1.82) is 0 Å². The largest absolute Gasteiger partial charge is 0.396 e. The van der Waals surface area contributed by atoms with Gasteiger partial charge in [-0.2, -0.15) is 5.10 Å². The van der Waals surface area contributed by atoms with E-state index >= 15 is 0 Å². The highest BCUT2D eigenvalue weighted by molar-refractivity contribution is 5.95. The first-order chi connectivity index (χ1) is 10.6. The third-order valence-electron chi connectivity index (χ3n) is 5.02. The summed E-state index contributed by atoms with van der Waals surface area (Å²) in [6, 6.07) is 0.591. The average Bonchev–Trinajstić information content (AvgIpc) is 2.91. The normalized spacial score (nSPS) is 22.0. The molecule has 0 radical (unpaired) electrons. The van der Waals surface area contributed by atoms with Gasteiger partial charge in [-0.1, -0.05) is 13.8 Å². The topological polar surface area (TPSA) is 67.2 Å². The molecule has 1 fully saturated rings. The molecule has 0 atom stereocenters. The first kappa shape index (κ1) is 17.0. The molecule has 0 saturated heterocycles. The maximum Gasteiger partial charge on any atom is 0.254 e. The van der Waals surface area contributed by atoms with E-state index in [0.29, 0.717) is 17.5 Å². The lowest BCUT2D eigenvalue weighted by molar-refractivity contribution is 0.0913. The fourth-order valence-corrected chi connectivity index (χ4v) is 3.40. The summed E-state index contributed by atoms with van der Waals surface area (Å²) in [6.45, 7) is 6.54.